The standard InChI is InChI=1S/C24H20N4O4/c29-21-17-15-1-2-16(19(17)23(31)27(21)11-13-3-7-25-8-4-13)20-18(15)22(30)28(24(20)32)12-14-5-9-26-10-6-14/h1-10,15-20H,11-12H2/t15?,16?,17-,18+,19+,20-. The Bertz CT molecular complexity index is 1030. The lowest BCUT2D eigenvalue weighted by molar-refractivity contribution is -0.140. The van der Waals surface area contributed by atoms with Crippen molar-refractivity contribution >= 4 is 23.6 Å². The minimum Gasteiger partial charge on any atom is -0.278 e. The fourth-order valence-electron chi connectivity index (χ4n) is 6.00. The highest BCUT2D eigenvalue weighted by Gasteiger charge is 2.68. The molecule has 0 radical (unpaired) electrons. The molecule has 1 saturated carbocycles. The molecule has 2 aromatic heterocycles. The van der Waals surface area contributed by atoms with Gasteiger partial charge in [0.1, 0.15) is 0 Å². The van der Waals surface area contributed by atoms with Crippen molar-refractivity contribution in [3.05, 3.63) is 72.3 Å². The topological polar surface area (TPSA) is 101 Å². The molecule has 5 aliphatic rings. The summed E-state index contributed by atoms with van der Waals surface area (Å²) in [5.74, 6) is -4.21. The number of carbonyl (C=O) groups excluding carboxylic acids is 4. The maximum Gasteiger partial charge on any atom is 0.234 e. The molecule has 2 aromatic rings. The second-order valence-electron chi connectivity index (χ2n) is 8.88. The molecule has 2 bridgehead atoms. The summed E-state index contributed by atoms with van der Waals surface area (Å²) >= 11 is 0. The van der Waals surface area contributed by atoms with Gasteiger partial charge >= 0.3 is 0 Å². The number of rotatable bonds is 4. The molecule has 160 valence electrons. The Balaban J connectivity index is 1.31. The summed E-state index contributed by atoms with van der Waals surface area (Å²) in [6.45, 7) is 0.357. The Kier molecular flexibility index (Phi) is 4.11. The van der Waals surface area contributed by atoms with Gasteiger partial charge in [0.25, 0.3) is 0 Å². The molecular formula is C24H20N4O4. The first-order valence-corrected chi connectivity index (χ1v) is 10.7. The molecule has 2 saturated heterocycles. The minimum absolute atomic E-state index is 0.179. The number of hydrogen-bond acceptors (Lipinski definition) is 6. The van der Waals surface area contributed by atoms with E-state index in [-0.39, 0.29) is 36.7 Å². The second kappa shape index (κ2) is 6.91. The van der Waals surface area contributed by atoms with Crippen LogP contribution in [0.15, 0.2) is 61.2 Å². The number of nitrogens with zero attached hydrogens (tertiary/aromatic N) is 4. The lowest BCUT2D eigenvalue weighted by atomic mass is 9.54. The number of pyridine rings is 2. The quantitative estimate of drug-likeness (QED) is 0.536. The van der Waals surface area contributed by atoms with Crippen molar-refractivity contribution in [3.8, 4) is 0 Å². The number of likely N-dealkylation sites (tertiary alicyclic amines) is 2. The lowest BCUT2D eigenvalue weighted by Crippen LogP contribution is -2.50. The van der Waals surface area contributed by atoms with Crippen molar-refractivity contribution in [3.63, 3.8) is 0 Å². The van der Waals surface area contributed by atoms with Gasteiger partial charge in [-0.05, 0) is 35.4 Å². The van der Waals surface area contributed by atoms with Gasteiger partial charge in [-0.15, -0.1) is 0 Å². The number of allylic oxidation sites excluding steroid dienone is 2. The van der Waals surface area contributed by atoms with Crippen LogP contribution in [0, 0.1) is 35.5 Å². The summed E-state index contributed by atoms with van der Waals surface area (Å²) in [6.07, 6.45) is 10.3. The highest BCUT2D eigenvalue weighted by Crippen LogP contribution is 2.58. The summed E-state index contributed by atoms with van der Waals surface area (Å²) in [6, 6.07) is 7.09. The van der Waals surface area contributed by atoms with Crippen molar-refractivity contribution < 1.29 is 19.2 Å². The van der Waals surface area contributed by atoms with E-state index in [1.54, 1.807) is 49.1 Å². The largest absolute Gasteiger partial charge is 0.278 e. The normalized spacial score (nSPS) is 32.6. The van der Waals surface area contributed by atoms with Gasteiger partial charge in [-0.2, -0.15) is 0 Å². The van der Waals surface area contributed by atoms with Crippen molar-refractivity contribution in [2.45, 2.75) is 13.1 Å². The van der Waals surface area contributed by atoms with Crippen LogP contribution < -0.4 is 0 Å². The third kappa shape index (κ3) is 2.55. The van der Waals surface area contributed by atoms with Gasteiger partial charge in [0, 0.05) is 36.6 Å². The predicted octanol–water partition coefficient (Wildman–Crippen LogP) is 1.19. The third-order valence-corrected chi connectivity index (χ3v) is 7.37. The monoisotopic (exact) mass is 428 g/mol. The molecule has 0 N–H and O–H groups in total. The number of hydrogen-bond donors (Lipinski definition) is 0. The van der Waals surface area contributed by atoms with E-state index in [2.05, 4.69) is 9.97 Å². The summed E-state index contributed by atoms with van der Waals surface area (Å²) in [5, 5.41) is 0. The van der Waals surface area contributed by atoms with E-state index in [9.17, 15) is 19.2 Å². The molecule has 4 heterocycles. The zero-order chi connectivity index (χ0) is 22.0. The van der Waals surface area contributed by atoms with E-state index in [1.807, 2.05) is 12.2 Å². The van der Waals surface area contributed by atoms with E-state index in [4.69, 9.17) is 0 Å². The van der Waals surface area contributed by atoms with E-state index >= 15 is 0 Å². The van der Waals surface area contributed by atoms with Gasteiger partial charge in [0.15, 0.2) is 0 Å². The van der Waals surface area contributed by atoms with E-state index in [0.717, 1.165) is 11.1 Å². The van der Waals surface area contributed by atoms with Crippen LogP contribution in [0.3, 0.4) is 0 Å². The SMILES string of the molecule is O=C1[C@@H]2C3C=CC([C@H]4C(=O)N(Cc5ccncc5)C(=O)[C@@H]34)[C@@H]2C(=O)N1Cc1ccncc1. The Morgan fingerprint density at radius 1 is 0.562 bits per heavy atom. The van der Waals surface area contributed by atoms with Crippen molar-refractivity contribution in [1.82, 2.24) is 19.8 Å². The molecule has 6 atom stereocenters. The predicted molar refractivity (Wildman–Crippen MR) is 110 cm³/mol. The Morgan fingerprint density at radius 3 is 1.19 bits per heavy atom. The molecule has 4 amide bonds. The van der Waals surface area contributed by atoms with Gasteiger partial charge in [0.05, 0.1) is 36.8 Å². The average Bonchev–Trinajstić information content (AvgIpc) is 3.24. The third-order valence-electron chi connectivity index (χ3n) is 7.37. The van der Waals surface area contributed by atoms with Crippen LogP contribution in [0.25, 0.3) is 0 Å². The summed E-state index contributed by atoms with van der Waals surface area (Å²) in [7, 11) is 0. The summed E-state index contributed by atoms with van der Waals surface area (Å²) < 4.78 is 0. The molecule has 32 heavy (non-hydrogen) atoms. The molecule has 8 nitrogen and oxygen atoms in total. The van der Waals surface area contributed by atoms with E-state index in [1.165, 1.54) is 9.80 Å². The molecular weight excluding hydrogens is 408 g/mol. The number of amides is 4. The highest BCUT2D eigenvalue weighted by atomic mass is 16.2. The molecule has 3 fully saturated rings. The summed E-state index contributed by atoms with van der Waals surface area (Å²) in [5.41, 5.74) is 1.63. The van der Waals surface area contributed by atoms with E-state index < -0.39 is 35.5 Å². The maximum atomic E-state index is 13.3. The molecule has 2 unspecified atom stereocenters. The van der Waals surface area contributed by atoms with Crippen LogP contribution in [-0.4, -0.2) is 43.4 Å². The number of imide groups is 2. The number of carbonyl (C=O) groups is 4. The average molecular weight is 428 g/mol. The van der Waals surface area contributed by atoms with Crippen LogP contribution in [0.2, 0.25) is 0 Å². The van der Waals surface area contributed by atoms with Gasteiger partial charge in [0.2, 0.25) is 23.6 Å². The van der Waals surface area contributed by atoms with Crippen LogP contribution in [-0.2, 0) is 32.3 Å². The summed E-state index contributed by atoms with van der Waals surface area (Å²) in [4.78, 5) is 63.9. The Morgan fingerprint density at radius 2 is 0.875 bits per heavy atom. The molecule has 0 spiro atoms. The van der Waals surface area contributed by atoms with Gasteiger partial charge in [-0.1, -0.05) is 12.2 Å². The Labute approximate surface area is 183 Å². The second-order valence-corrected chi connectivity index (χ2v) is 8.88. The Hall–Kier alpha value is -3.68. The lowest BCUT2D eigenvalue weighted by Gasteiger charge is -2.44. The fourth-order valence-corrected chi connectivity index (χ4v) is 6.00. The van der Waals surface area contributed by atoms with Gasteiger partial charge < -0.3 is 0 Å². The molecule has 0 aromatic carbocycles. The zero-order valence-electron chi connectivity index (χ0n) is 17.1. The van der Waals surface area contributed by atoms with Crippen LogP contribution in [0.5, 0.6) is 0 Å². The minimum atomic E-state index is -0.585. The molecule has 3 aliphatic carbocycles. The molecule has 2 aliphatic heterocycles. The molecule has 8 heteroatoms. The first kappa shape index (κ1) is 19.0. The fraction of sp³-hybridized carbons (Fsp3) is 0.333. The van der Waals surface area contributed by atoms with Crippen LogP contribution in [0.1, 0.15) is 11.1 Å². The zero-order valence-corrected chi connectivity index (χ0v) is 17.1. The number of aromatic nitrogens is 2. The maximum absolute atomic E-state index is 13.3. The van der Waals surface area contributed by atoms with E-state index in [0.29, 0.717) is 0 Å². The van der Waals surface area contributed by atoms with Crippen molar-refractivity contribution in [1.29, 1.82) is 0 Å². The first-order valence-electron chi connectivity index (χ1n) is 10.7. The van der Waals surface area contributed by atoms with Gasteiger partial charge in [-0.3, -0.25) is 38.9 Å². The smallest absolute Gasteiger partial charge is 0.234 e. The van der Waals surface area contributed by atoms with Crippen molar-refractivity contribution in [2.75, 3.05) is 0 Å². The highest BCUT2D eigenvalue weighted by molar-refractivity contribution is 6.10. The van der Waals surface area contributed by atoms with Gasteiger partial charge in [-0.25, -0.2) is 0 Å². The van der Waals surface area contributed by atoms with Crippen molar-refractivity contribution in [2.24, 2.45) is 35.5 Å². The first-order chi connectivity index (χ1) is 15.6. The van der Waals surface area contributed by atoms with Crippen LogP contribution in [0.4, 0.5) is 0 Å². The van der Waals surface area contributed by atoms with Crippen LogP contribution >= 0.6 is 0 Å². The molecule has 7 rings (SSSR count).